The molecule has 7 atom stereocenters. The first kappa shape index (κ1) is 18.6. The summed E-state index contributed by atoms with van der Waals surface area (Å²) in [4.78, 5) is 12.5. The van der Waals surface area contributed by atoms with Crippen LogP contribution in [0, 0.1) is 28.6 Å². The van der Waals surface area contributed by atoms with E-state index in [2.05, 4.69) is 6.92 Å². The van der Waals surface area contributed by atoms with Crippen LogP contribution in [-0.4, -0.2) is 36.1 Å². The van der Waals surface area contributed by atoms with Gasteiger partial charge in [0.15, 0.2) is 0 Å². The van der Waals surface area contributed by atoms with Gasteiger partial charge in [-0.1, -0.05) is 25.5 Å². The maximum atomic E-state index is 12.5. The van der Waals surface area contributed by atoms with Gasteiger partial charge in [0.25, 0.3) is 0 Å². The Morgan fingerprint density at radius 3 is 2.46 bits per heavy atom. The highest BCUT2D eigenvalue weighted by atomic mass is 32.3. The molecule has 0 unspecified atom stereocenters. The monoisotopic (exact) mass is 384 g/mol. The van der Waals surface area contributed by atoms with Crippen molar-refractivity contribution in [3.05, 3.63) is 11.6 Å². The van der Waals surface area contributed by atoms with Crippen LogP contribution in [0.3, 0.4) is 0 Å². The zero-order valence-corrected chi connectivity index (χ0v) is 16.2. The van der Waals surface area contributed by atoms with Gasteiger partial charge in [0.2, 0.25) is 0 Å². The Hall–Kier alpha value is -0.760. The van der Waals surface area contributed by atoms with Crippen LogP contribution >= 0.6 is 0 Å². The third kappa shape index (κ3) is 2.70. The first-order chi connectivity index (χ1) is 12.0. The summed E-state index contributed by atoms with van der Waals surface area (Å²) in [5, 5.41) is 10.1. The standard InChI is InChI=1S/C19H28O6S/c1-18-7-5-12(20)9-11(18)10-15(25-26(22,23)24)17-13-3-4-16(21)19(13,2)8-6-14(17)18/h10,12-15,17,20H,3-9H2,1-2H3,(H,22,23,24)/t12-,13-,14-,15+,17-,18-,19-/m0/s1. The molecule has 0 aromatic heterocycles. The van der Waals surface area contributed by atoms with E-state index in [9.17, 15) is 22.9 Å². The molecular formula is C19H28O6S. The molecule has 0 saturated heterocycles. The summed E-state index contributed by atoms with van der Waals surface area (Å²) in [6.45, 7) is 4.23. The lowest BCUT2D eigenvalue weighted by atomic mass is 9.47. The normalized spacial score (nSPS) is 48.4. The Bertz CT molecular complexity index is 758. The summed E-state index contributed by atoms with van der Waals surface area (Å²) in [6, 6.07) is 0. The molecule has 0 heterocycles. The number of aliphatic hydroxyl groups is 1. The predicted molar refractivity (Wildman–Crippen MR) is 94.5 cm³/mol. The van der Waals surface area contributed by atoms with Gasteiger partial charge in [-0.15, -0.1) is 0 Å². The zero-order chi connectivity index (χ0) is 18.9. The van der Waals surface area contributed by atoms with Crippen molar-refractivity contribution in [1.29, 1.82) is 0 Å². The second-order valence-electron chi connectivity index (χ2n) is 9.20. The molecule has 26 heavy (non-hydrogen) atoms. The molecule has 146 valence electrons. The van der Waals surface area contributed by atoms with Gasteiger partial charge in [-0.3, -0.25) is 9.35 Å². The van der Waals surface area contributed by atoms with Gasteiger partial charge in [0.05, 0.1) is 6.10 Å². The fourth-order valence-electron chi connectivity index (χ4n) is 6.61. The third-order valence-electron chi connectivity index (χ3n) is 8.02. The number of rotatable bonds is 2. The van der Waals surface area contributed by atoms with Crippen molar-refractivity contribution in [2.75, 3.05) is 0 Å². The Morgan fingerprint density at radius 1 is 1.12 bits per heavy atom. The van der Waals surface area contributed by atoms with E-state index in [1.807, 2.05) is 13.0 Å². The lowest BCUT2D eigenvalue weighted by Gasteiger charge is -2.58. The van der Waals surface area contributed by atoms with Crippen molar-refractivity contribution in [2.45, 2.75) is 71.0 Å². The van der Waals surface area contributed by atoms with Gasteiger partial charge in [-0.2, -0.15) is 8.42 Å². The van der Waals surface area contributed by atoms with Crippen LogP contribution in [0.4, 0.5) is 0 Å². The second-order valence-corrected chi connectivity index (χ2v) is 10.3. The molecular weight excluding hydrogens is 356 g/mol. The number of carbonyl (C=O) groups excluding carboxylic acids is 1. The molecule has 6 nitrogen and oxygen atoms in total. The number of aliphatic hydroxyl groups excluding tert-OH is 1. The zero-order valence-electron chi connectivity index (χ0n) is 15.3. The molecule has 3 saturated carbocycles. The largest absolute Gasteiger partial charge is 0.397 e. The van der Waals surface area contributed by atoms with E-state index in [-0.39, 0.29) is 29.0 Å². The summed E-state index contributed by atoms with van der Waals surface area (Å²) in [7, 11) is -4.60. The molecule has 7 heteroatoms. The van der Waals surface area contributed by atoms with Crippen LogP contribution in [0.15, 0.2) is 11.6 Å². The number of fused-ring (bicyclic) bond motifs is 5. The highest BCUT2D eigenvalue weighted by Gasteiger charge is 2.61. The molecule has 0 aromatic rings. The highest BCUT2D eigenvalue weighted by molar-refractivity contribution is 7.80. The van der Waals surface area contributed by atoms with Gasteiger partial charge in [0.1, 0.15) is 11.9 Å². The van der Waals surface area contributed by atoms with Crippen LogP contribution in [0.2, 0.25) is 0 Å². The van der Waals surface area contributed by atoms with Crippen LogP contribution in [0.5, 0.6) is 0 Å². The van der Waals surface area contributed by atoms with Gasteiger partial charge in [-0.25, -0.2) is 4.18 Å². The minimum atomic E-state index is -4.60. The molecule has 2 N–H and O–H groups in total. The van der Waals surface area contributed by atoms with E-state index >= 15 is 0 Å². The van der Waals surface area contributed by atoms with Gasteiger partial charge >= 0.3 is 10.4 Å². The Labute approximate surface area is 155 Å². The topological polar surface area (TPSA) is 101 Å². The number of carbonyl (C=O) groups is 1. The SMILES string of the molecule is C[C@]12CC[C@H](O)CC1=C[C@@H](OS(=O)(=O)O)[C@@H]1[C@@H]2CC[C@]2(C)C(=O)CC[C@@H]12. The van der Waals surface area contributed by atoms with Crippen LogP contribution < -0.4 is 0 Å². The maximum Gasteiger partial charge on any atom is 0.397 e. The third-order valence-corrected chi connectivity index (χ3v) is 8.49. The molecule has 0 aliphatic heterocycles. The highest BCUT2D eigenvalue weighted by Crippen LogP contribution is 2.64. The lowest BCUT2D eigenvalue weighted by Crippen LogP contribution is -2.55. The van der Waals surface area contributed by atoms with Crippen molar-refractivity contribution in [3.63, 3.8) is 0 Å². The van der Waals surface area contributed by atoms with Gasteiger partial charge in [-0.05, 0) is 61.7 Å². The van der Waals surface area contributed by atoms with Crippen molar-refractivity contribution < 1.29 is 27.1 Å². The molecule has 0 aromatic carbocycles. The Kier molecular flexibility index (Phi) is 4.20. The van der Waals surface area contributed by atoms with Crippen LogP contribution in [0.1, 0.15) is 58.8 Å². The van der Waals surface area contributed by atoms with E-state index in [0.29, 0.717) is 12.8 Å². The van der Waals surface area contributed by atoms with Gasteiger partial charge in [0, 0.05) is 11.8 Å². The maximum absolute atomic E-state index is 12.5. The van der Waals surface area contributed by atoms with E-state index in [4.69, 9.17) is 4.18 Å². The molecule has 0 amide bonds. The fraction of sp³-hybridized carbons (Fsp3) is 0.842. The summed E-state index contributed by atoms with van der Waals surface area (Å²) in [5.74, 6) is 0.435. The van der Waals surface area contributed by atoms with Crippen molar-refractivity contribution in [2.24, 2.45) is 28.6 Å². The van der Waals surface area contributed by atoms with Crippen molar-refractivity contribution in [3.8, 4) is 0 Å². The van der Waals surface area contributed by atoms with Crippen molar-refractivity contribution >= 4 is 16.2 Å². The first-order valence-corrected chi connectivity index (χ1v) is 11.0. The number of ketones is 1. The predicted octanol–water partition coefficient (Wildman–Crippen LogP) is 2.68. The molecule has 0 radical (unpaired) electrons. The molecule has 0 bridgehead atoms. The summed E-state index contributed by atoms with van der Waals surface area (Å²) < 4.78 is 37.5. The first-order valence-electron chi connectivity index (χ1n) is 9.63. The fourth-order valence-corrected chi connectivity index (χ4v) is 7.07. The average Bonchev–Trinajstić information content (AvgIpc) is 2.83. The van der Waals surface area contributed by atoms with E-state index in [1.165, 1.54) is 0 Å². The molecule has 0 spiro atoms. The Balaban J connectivity index is 1.80. The van der Waals surface area contributed by atoms with E-state index in [0.717, 1.165) is 37.7 Å². The van der Waals surface area contributed by atoms with Gasteiger partial charge < -0.3 is 5.11 Å². The van der Waals surface area contributed by atoms with E-state index in [1.54, 1.807) is 0 Å². The van der Waals surface area contributed by atoms with E-state index < -0.39 is 28.0 Å². The molecule has 4 aliphatic carbocycles. The Morgan fingerprint density at radius 2 is 1.77 bits per heavy atom. The summed E-state index contributed by atoms with van der Waals surface area (Å²) in [5.41, 5.74) is 0.521. The molecule has 4 rings (SSSR count). The smallest absolute Gasteiger partial charge is 0.393 e. The minimum Gasteiger partial charge on any atom is -0.393 e. The average molecular weight is 384 g/mol. The lowest BCUT2D eigenvalue weighted by molar-refractivity contribution is -0.134. The summed E-state index contributed by atoms with van der Waals surface area (Å²) in [6.07, 6.45) is 5.72. The number of hydrogen-bond acceptors (Lipinski definition) is 5. The second kappa shape index (κ2) is 5.87. The van der Waals surface area contributed by atoms with Crippen LogP contribution in [-0.2, 0) is 19.4 Å². The minimum absolute atomic E-state index is 0.0713. The van der Waals surface area contributed by atoms with Crippen molar-refractivity contribution in [1.82, 2.24) is 0 Å². The summed E-state index contributed by atoms with van der Waals surface area (Å²) >= 11 is 0. The number of hydrogen-bond donors (Lipinski definition) is 2. The molecule has 4 aliphatic rings. The quantitative estimate of drug-likeness (QED) is 0.561. The molecule has 3 fully saturated rings. The van der Waals surface area contributed by atoms with Crippen LogP contribution in [0.25, 0.3) is 0 Å². The number of Topliss-reactive ketones (excluding diaryl/α,β-unsaturated/α-hetero) is 1.